The first kappa shape index (κ1) is 16.3. The van der Waals surface area contributed by atoms with Gasteiger partial charge in [-0.1, -0.05) is 34.1 Å². The van der Waals surface area contributed by atoms with Crippen molar-refractivity contribution in [2.24, 2.45) is 5.73 Å². The SMILES string of the molecule is Cc1cccc(C(N)c2c(C)c(C)c(C)c(C)c2C)c1Br. The summed E-state index contributed by atoms with van der Waals surface area (Å²) >= 11 is 3.70. The van der Waals surface area contributed by atoms with Gasteiger partial charge in [-0.2, -0.15) is 0 Å². The van der Waals surface area contributed by atoms with E-state index in [4.69, 9.17) is 5.73 Å². The monoisotopic (exact) mass is 345 g/mol. The highest BCUT2D eigenvalue weighted by Gasteiger charge is 2.20. The third-order valence-corrected chi connectivity index (χ3v) is 6.01. The van der Waals surface area contributed by atoms with Gasteiger partial charge >= 0.3 is 0 Å². The van der Waals surface area contributed by atoms with Crippen LogP contribution in [-0.2, 0) is 0 Å². The summed E-state index contributed by atoms with van der Waals surface area (Å²) in [5, 5.41) is 0. The summed E-state index contributed by atoms with van der Waals surface area (Å²) in [6.07, 6.45) is 0. The Balaban J connectivity index is 2.70. The molecule has 0 aliphatic carbocycles. The zero-order chi connectivity index (χ0) is 15.9. The van der Waals surface area contributed by atoms with Gasteiger partial charge in [0, 0.05) is 4.47 Å². The number of halogens is 1. The molecule has 0 aliphatic heterocycles. The summed E-state index contributed by atoms with van der Waals surface area (Å²) in [6, 6.07) is 6.20. The summed E-state index contributed by atoms with van der Waals surface area (Å²) in [5.74, 6) is 0. The Labute approximate surface area is 136 Å². The molecule has 1 atom stereocenters. The molecule has 0 amide bonds. The Kier molecular flexibility index (Phi) is 4.60. The lowest BCUT2D eigenvalue weighted by molar-refractivity contribution is 0.836. The maximum absolute atomic E-state index is 6.65. The maximum Gasteiger partial charge on any atom is 0.0568 e. The van der Waals surface area contributed by atoms with Crippen molar-refractivity contribution in [3.63, 3.8) is 0 Å². The summed E-state index contributed by atoms with van der Waals surface area (Å²) in [5.41, 5.74) is 17.0. The quantitative estimate of drug-likeness (QED) is 0.780. The highest BCUT2D eigenvalue weighted by Crippen LogP contribution is 2.35. The van der Waals surface area contributed by atoms with E-state index in [-0.39, 0.29) is 6.04 Å². The molecule has 0 aromatic heterocycles. The van der Waals surface area contributed by atoms with Gasteiger partial charge in [-0.3, -0.25) is 0 Å². The Morgan fingerprint density at radius 2 is 1.29 bits per heavy atom. The second kappa shape index (κ2) is 5.94. The van der Waals surface area contributed by atoms with Crippen molar-refractivity contribution in [1.29, 1.82) is 0 Å². The highest BCUT2D eigenvalue weighted by molar-refractivity contribution is 9.10. The Morgan fingerprint density at radius 3 is 1.81 bits per heavy atom. The Bertz CT molecular complexity index is 672. The molecule has 0 saturated heterocycles. The maximum atomic E-state index is 6.65. The van der Waals surface area contributed by atoms with Gasteiger partial charge in [0.15, 0.2) is 0 Å². The topological polar surface area (TPSA) is 26.0 Å². The summed E-state index contributed by atoms with van der Waals surface area (Å²) in [4.78, 5) is 0. The lowest BCUT2D eigenvalue weighted by Crippen LogP contribution is -2.17. The molecule has 0 radical (unpaired) electrons. The first-order chi connectivity index (χ1) is 9.77. The van der Waals surface area contributed by atoms with Gasteiger partial charge in [-0.05, 0) is 86.1 Å². The molecule has 0 bridgehead atoms. The molecular weight excluding hydrogens is 322 g/mol. The lowest BCUT2D eigenvalue weighted by Gasteiger charge is -2.24. The fourth-order valence-electron chi connectivity index (χ4n) is 3.06. The molecule has 0 fully saturated rings. The number of benzene rings is 2. The van der Waals surface area contributed by atoms with Crippen molar-refractivity contribution in [2.45, 2.75) is 47.6 Å². The standard InChI is InChI=1S/C19H24BrN/c1-10-8-7-9-16(18(10)20)19(21)17-14(5)12(3)11(2)13(4)15(17)6/h7-9,19H,21H2,1-6H3. The van der Waals surface area contributed by atoms with E-state index < -0.39 is 0 Å². The minimum Gasteiger partial charge on any atom is -0.320 e. The minimum atomic E-state index is -0.0997. The van der Waals surface area contributed by atoms with Gasteiger partial charge in [-0.25, -0.2) is 0 Å². The average Bonchev–Trinajstić information content (AvgIpc) is 2.46. The van der Waals surface area contributed by atoms with Crippen LogP contribution in [0.5, 0.6) is 0 Å². The van der Waals surface area contributed by atoms with Gasteiger partial charge in [-0.15, -0.1) is 0 Å². The molecule has 2 rings (SSSR count). The second-order valence-electron chi connectivity index (χ2n) is 5.99. The van der Waals surface area contributed by atoms with Crippen LogP contribution in [0.25, 0.3) is 0 Å². The molecule has 0 heterocycles. The molecule has 2 N–H and O–H groups in total. The normalized spacial score (nSPS) is 12.6. The molecule has 1 nitrogen and oxygen atoms in total. The van der Waals surface area contributed by atoms with Crippen LogP contribution in [0.2, 0.25) is 0 Å². The van der Waals surface area contributed by atoms with Crippen LogP contribution in [0.3, 0.4) is 0 Å². The zero-order valence-corrected chi connectivity index (χ0v) is 15.4. The molecule has 2 aromatic rings. The van der Waals surface area contributed by atoms with Gasteiger partial charge in [0.1, 0.15) is 0 Å². The van der Waals surface area contributed by atoms with Crippen LogP contribution >= 0.6 is 15.9 Å². The smallest absolute Gasteiger partial charge is 0.0568 e. The number of rotatable bonds is 2. The van der Waals surface area contributed by atoms with Crippen molar-refractivity contribution in [3.8, 4) is 0 Å². The summed E-state index contributed by atoms with van der Waals surface area (Å²) in [6.45, 7) is 13.1. The Hall–Kier alpha value is -1.12. The van der Waals surface area contributed by atoms with Gasteiger partial charge in [0.2, 0.25) is 0 Å². The number of nitrogens with two attached hydrogens (primary N) is 1. The average molecular weight is 346 g/mol. The predicted molar refractivity (Wildman–Crippen MR) is 95.0 cm³/mol. The van der Waals surface area contributed by atoms with E-state index in [0.29, 0.717) is 0 Å². The Morgan fingerprint density at radius 1 is 0.810 bits per heavy atom. The van der Waals surface area contributed by atoms with Crippen LogP contribution in [0.4, 0.5) is 0 Å². The third-order valence-electron chi connectivity index (χ3n) is 4.93. The molecule has 112 valence electrons. The molecule has 2 heteroatoms. The van der Waals surface area contributed by atoms with E-state index in [0.717, 1.165) is 10.0 Å². The van der Waals surface area contributed by atoms with Crippen LogP contribution in [0.15, 0.2) is 22.7 Å². The van der Waals surface area contributed by atoms with Crippen LogP contribution in [-0.4, -0.2) is 0 Å². The molecule has 2 aromatic carbocycles. The summed E-state index contributed by atoms with van der Waals surface area (Å²) < 4.78 is 1.12. The van der Waals surface area contributed by atoms with Crippen molar-refractivity contribution in [1.82, 2.24) is 0 Å². The number of aryl methyl sites for hydroxylation is 1. The van der Waals surface area contributed by atoms with Crippen LogP contribution in [0.1, 0.15) is 50.5 Å². The largest absolute Gasteiger partial charge is 0.320 e. The lowest BCUT2D eigenvalue weighted by atomic mass is 9.84. The van der Waals surface area contributed by atoms with Gasteiger partial charge < -0.3 is 5.73 Å². The molecule has 1 unspecified atom stereocenters. The van der Waals surface area contributed by atoms with Gasteiger partial charge in [0.25, 0.3) is 0 Å². The van der Waals surface area contributed by atoms with Crippen LogP contribution in [0, 0.1) is 41.5 Å². The molecule has 0 aliphatic rings. The number of hydrogen-bond donors (Lipinski definition) is 1. The zero-order valence-electron chi connectivity index (χ0n) is 13.8. The van der Waals surface area contributed by atoms with Crippen molar-refractivity contribution >= 4 is 15.9 Å². The van der Waals surface area contributed by atoms with E-state index in [1.54, 1.807) is 0 Å². The second-order valence-corrected chi connectivity index (χ2v) is 6.79. The fourth-order valence-corrected chi connectivity index (χ4v) is 3.57. The molecule has 21 heavy (non-hydrogen) atoms. The van der Waals surface area contributed by atoms with Crippen LogP contribution < -0.4 is 5.73 Å². The van der Waals surface area contributed by atoms with Crippen molar-refractivity contribution < 1.29 is 0 Å². The minimum absolute atomic E-state index is 0.0997. The van der Waals surface area contributed by atoms with Gasteiger partial charge in [0.05, 0.1) is 6.04 Å². The highest BCUT2D eigenvalue weighted by atomic mass is 79.9. The molecular formula is C19H24BrN. The molecule has 0 spiro atoms. The molecule has 0 saturated carbocycles. The number of hydrogen-bond acceptors (Lipinski definition) is 1. The van der Waals surface area contributed by atoms with Crippen molar-refractivity contribution in [2.75, 3.05) is 0 Å². The van der Waals surface area contributed by atoms with E-state index in [1.165, 1.54) is 38.9 Å². The fraction of sp³-hybridized carbons (Fsp3) is 0.368. The van der Waals surface area contributed by atoms with E-state index in [2.05, 4.69) is 75.7 Å². The van der Waals surface area contributed by atoms with E-state index >= 15 is 0 Å². The van der Waals surface area contributed by atoms with E-state index in [9.17, 15) is 0 Å². The predicted octanol–water partition coefficient (Wildman–Crippen LogP) is 5.35. The van der Waals surface area contributed by atoms with Crippen molar-refractivity contribution in [3.05, 3.63) is 67.2 Å². The van der Waals surface area contributed by atoms with E-state index in [1.807, 2.05) is 0 Å². The first-order valence-corrected chi connectivity index (χ1v) is 8.14. The first-order valence-electron chi connectivity index (χ1n) is 7.34. The summed E-state index contributed by atoms with van der Waals surface area (Å²) in [7, 11) is 0. The third kappa shape index (κ3) is 2.67.